The Bertz CT molecular complexity index is 755. The average Bonchev–Trinajstić information content (AvgIpc) is 3.28. The normalized spacial score (nSPS) is 14.7. The van der Waals surface area contributed by atoms with Crippen LogP contribution in [0.3, 0.4) is 0 Å². The lowest BCUT2D eigenvalue weighted by molar-refractivity contribution is -0.132. The molecule has 0 spiro atoms. The van der Waals surface area contributed by atoms with Crippen LogP contribution in [0.4, 0.5) is 0 Å². The highest BCUT2D eigenvalue weighted by Crippen LogP contribution is 2.28. The zero-order valence-corrected chi connectivity index (χ0v) is 16.8. The highest BCUT2D eigenvalue weighted by molar-refractivity contribution is 5.78. The van der Waals surface area contributed by atoms with E-state index in [0.29, 0.717) is 0 Å². The summed E-state index contributed by atoms with van der Waals surface area (Å²) < 4.78 is 11.1. The lowest BCUT2D eigenvalue weighted by Crippen LogP contribution is -2.32. The maximum Gasteiger partial charge on any atom is 0.260 e. The molecule has 2 aromatic carbocycles. The van der Waals surface area contributed by atoms with Gasteiger partial charge in [0.2, 0.25) is 0 Å². The van der Waals surface area contributed by atoms with Gasteiger partial charge in [-0.05, 0) is 43.0 Å². The minimum absolute atomic E-state index is 0.0755. The van der Waals surface area contributed by atoms with Crippen molar-refractivity contribution in [2.24, 2.45) is 0 Å². The topological polar surface area (TPSA) is 50.8 Å². The first-order chi connectivity index (χ1) is 13.7. The molecule has 2 aromatic rings. The molecule has 5 nitrogen and oxygen atoms in total. The number of para-hydroxylation sites is 1. The van der Waals surface area contributed by atoms with Crippen LogP contribution in [0.25, 0.3) is 0 Å². The minimum atomic E-state index is 0.0755. The lowest BCUT2D eigenvalue weighted by Gasteiger charge is -2.22. The van der Waals surface area contributed by atoms with Gasteiger partial charge in [0.05, 0.1) is 7.11 Å². The van der Waals surface area contributed by atoms with Crippen LogP contribution in [-0.4, -0.2) is 37.6 Å². The molecule has 150 valence electrons. The average molecular weight is 383 g/mol. The van der Waals surface area contributed by atoms with Crippen LogP contribution in [0.2, 0.25) is 0 Å². The third-order valence-electron chi connectivity index (χ3n) is 5.22. The van der Waals surface area contributed by atoms with Gasteiger partial charge in [0.1, 0.15) is 11.5 Å². The third-order valence-corrected chi connectivity index (χ3v) is 5.22. The Morgan fingerprint density at radius 1 is 1.11 bits per heavy atom. The molecular weight excluding hydrogens is 352 g/mol. The molecule has 0 bridgehead atoms. The van der Waals surface area contributed by atoms with Crippen molar-refractivity contribution in [3.05, 3.63) is 59.7 Å². The summed E-state index contributed by atoms with van der Waals surface area (Å²) in [5.74, 6) is 1.72. The Hall–Kier alpha value is -2.53. The molecule has 0 saturated carbocycles. The summed E-state index contributed by atoms with van der Waals surface area (Å²) in [7, 11) is 1.67. The SMILES string of the molecule is CCC(NCc1ccc(OC)cc1)c1ccccc1OCC(=O)N1CCCC1. The van der Waals surface area contributed by atoms with Gasteiger partial charge in [-0.2, -0.15) is 0 Å². The van der Waals surface area contributed by atoms with E-state index >= 15 is 0 Å². The number of benzene rings is 2. The van der Waals surface area contributed by atoms with Crippen LogP contribution in [-0.2, 0) is 11.3 Å². The summed E-state index contributed by atoms with van der Waals surface area (Å²) >= 11 is 0. The van der Waals surface area contributed by atoms with Crippen LogP contribution in [0.5, 0.6) is 11.5 Å². The van der Waals surface area contributed by atoms with Gasteiger partial charge in [0.25, 0.3) is 5.91 Å². The number of rotatable bonds is 9. The fourth-order valence-corrected chi connectivity index (χ4v) is 3.56. The smallest absolute Gasteiger partial charge is 0.260 e. The largest absolute Gasteiger partial charge is 0.497 e. The molecule has 1 saturated heterocycles. The number of hydrogen-bond acceptors (Lipinski definition) is 4. The summed E-state index contributed by atoms with van der Waals surface area (Å²) in [5.41, 5.74) is 2.29. The third kappa shape index (κ3) is 5.26. The van der Waals surface area contributed by atoms with Crippen molar-refractivity contribution in [1.29, 1.82) is 0 Å². The van der Waals surface area contributed by atoms with Gasteiger partial charge >= 0.3 is 0 Å². The molecule has 3 rings (SSSR count). The highest BCUT2D eigenvalue weighted by atomic mass is 16.5. The van der Waals surface area contributed by atoms with Crippen molar-refractivity contribution in [2.45, 2.75) is 38.8 Å². The first-order valence-electron chi connectivity index (χ1n) is 10.1. The quantitative estimate of drug-likeness (QED) is 0.714. The molecule has 1 N–H and O–H groups in total. The summed E-state index contributed by atoms with van der Waals surface area (Å²) in [6.07, 6.45) is 3.11. The van der Waals surface area contributed by atoms with E-state index in [1.165, 1.54) is 5.56 Å². The molecule has 0 aliphatic carbocycles. The van der Waals surface area contributed by atoms with Crippen LogP contribution in [0, 0.1) is 0 Å². The number of amides is 1. The molecular formula is C23H30N2O3. The van der Waals surface area contributed by atoms with E-state index < -0.39 is 0 Å². The van der Waals surface area contributed by atoms with E-state index in [1.54, 1.807) is 7.11 Å². The van der Waals surface area contributed by atoms with Crippen LogP contribution < -0.4 is 14.8 Å². The second-order valence-corrected chi connectivity index (χ2v) is 7.10. The summed E-state index contributed by atoms with van der Waals surface area (Å²) in [5, 5.41) is 3.61. The second-order valence-electron chi connectivity index (χ2n) is 7.10. The van der Waals surface area contributed by atoms with Crippen molar-refractivity contribution >= 4 is 5.91 Å². The number of methoxy groups -OCH3 is 1. The number of ether oxygens (including phenoxy) is 2. The van der Waals surface area contributed by atoms with E-state index in [1.807, 2.05) is 35.2 Å². The van der Waals surface area contributed by atoms with Gasteiger partial charge in [-0.1, -0.05) is 37.3 Å². The fourth-order valence-electron chi connectivity index (χ4n) is 3.56. The summed E-state index contributed by atoms with van der Waals surface area (Å²) in [4.78, 5) is 14.2. The van der Waals surface area contributed by atoms with Crippen LogP contribution in [0.15, 0.2) is 48.5 Å². The Labute approximate surface area is 167 Å². The fraction of sp³-hybridized carbons (Fsp3) is 0.435. The maximum atomic E-state index is 12.3. The van der Waals surface area contributed by atoms with Crippen molar-refractivity contribution < 1.29 is 14.3 Å². The number of nitrogens with zero attached hydrogens (tertiary/aromatic N) is 1. The van der Waals surface area contributed by atoms with Crippen molar-refractivity contribution in [3.63, 3.8) is 0 Å². The Kier molecular flexibility index (Phi) is 7.31. The number of likely N-dealkylation sites (tertiary alicyclic amines) is 1. The molecule has 1 heterocycles. The second kappa shape index (κ2) is 10.1. The van der Waals surface area contributed by atoms with Gasteiger partial charge in [-0.3, -0.25) is 4.79 Å². The minimum Gasteiger partial charge on any atom is -0.497 e. The molecule has 1 amide bonds. The maximum absolute atomic E-state index is 12.3. The summed E-state index contributed by atoms with van der Waals surface area (Å²) in [6.45, 7) is 4.71. The Morgan fingerprint density at radius 3 is 2.50 bits per heavy atom. The molecule has 28 heavy (non-hydrogen) atoms. The van der Waals surface area contributed by atoms with E-state index in [0.717, 1.165) is 56.0 Å². The van der Waals surface area contributed by atoms with Crippen molar-refractivity contribution in [2.75, 3.05) is 26.8 Å². The molecule has 0 radical (unpaired) electrons. The molecule has 5 heteroatoms. The highest BCUT2D eigenvalue weighted by Gasteiger charge is 2.20. The number of hydrogen-bond donors (Lipinski definition) is 1. The molecule has 0 aromatic heterocycles. The molecule has 1 atom stereocenters. The Morgan fingerprint density at radius 2 is 1.82 bits per heavy atom. The van der Waals surface area contributed by atoms with Crippen LogP contribution >= 0.6 is 0 Å². The first kappa shape index (κ1) is 20.2. The number of carbonyl (C=O) groups excluding carboxylic acids is 1. The van der Waals surface area contributed by atoms with E-state index in [2.05, 4.69) is 30.4 Å². The predicted molar refractivity (Wildman–Crippen MR) is 111 cm³/mol. The van der Waals surface area contributed by atoms with E-state index in [-0.39, 0.29) is 18.6 Å². The Balaban J connectivity index is 1.62. The standard InChI is InChI=1S/C23H30N2O3/c1-3-21(24-16-18-10-12-19(27-2)13-11-18)20-8-4-5-9-22(20)28-17-23(26)25-14-6-7-15-25/h4-5,8-13,21,24H,3,6-7,14-17H2,1-2H3. The lowest BCUT2D eigenvalue weighted by atomic mass is 10.0. The van der Waals surface area contributed by atoms with Gasteiger partial charge in [0.15, 0.2) is 6.61 Å². The van der Waals surface area contributed by atoms with Crippen LogP contribution in [0.1, 0.15) is 43.4 Å². The van der Waals surface area contributed by atoms with E-state index in [4.69, 9.17) is 9.47 Å². The monoisotopic (exact) mass is 382 g/mol. The van der Waals surface area contributed by atoms with Gasteiger partial charge in [-0.25, -0.2) is 0 Å². The van der Waals surface area contributed by atoms with E-state index in [9.17, 15) is 4.79 Å². The molecule has 1 unspecified atom stereocenters. The van der Waals surface area contributed by atoms with Gasteiger partial charge < -0.3 is 19.7 Å². The van der Waals surface area contributed by atoms with Gasteiger partial charge in [0, 0.05) is 31.2 Å². The number of nitrogens with one attached hydrogen (secondary N) is 1. The summed E-state index contributed by atoms with van der Waals surface area (Å²) in [6, 6.07) is 16.2. The van der Waals surface area contributed by atoms with Gasteiger partial charge in [-0.15, -0.1) is 0 Å². The van der Waals surface area contributed by atoms with Crippen molar-refractivity contribution in [3.8, 4) is 11.5 Å². The first-order valence-corrected chi connectivity index (χ1v) is 10.1. The predicted octanol–water partition coefficient (Wildman–Crippen LogP) is 3.94. The molecule has 1 aliphatic heterocycles. The molecule has 1 fully saturated rings. The number of carbonyl (C=O) groups is 1. The molecule has 1 aliphatic rings. The zero-order chi connectivity index (χ0) is 19.8. The van der Waals surface area contributed by atoms with Crippen molar-refractivity contribution in [1.82, 2.24) is 10.2 Å². The zero-order valence-electron chi connectivity index (χ0n) is 16.8.